The number of hydrogen-bond acceptors (Lipinski definition) is 2. The Hall–Kier alpha value is -0.860. The van der Waals surface area contributed by atoms with E-state index in [0.717, 1.165) is 36.5 Å². The molecule has 0 heterocycles. The van der Waals surface area contributed by atoms with Crippen LogP contribution in [0.2, 0.25) is 0 Å². The molecule has 0 aromatic heterocycles. The SMILES string of the molecule is C[C@@H](C(N)=O)[C@H]1CC[C@H]2[C@@H]3CC[C@H]4C[C@@H](C=O)CC[C@]4(C)[C@H]3CC[C@]12C. The van der Waals surface area contributed by atoms with Crippen molar-refractivity contribution in [1.29, 1.82) is 0 Å². The Morgan fingerprint density at radius 1 is 1.00 bits per heavy atom. The molecule has 3 nitrogen and oxygen atoms in total. The number of amides is 1. The van der Waals surface area contributed by atoms with Crippen molar-refractivity contribution >= 4 is 12.2 Å². The zero-order chi connectivity index (χ0) is 18.7. The maximum atomic E-state index is 11.9. The van der Waals surface area contributed by atoms with E-state index in [2.05, 4.69) is 20.8 Å². The summed E-state index contributed by atoms with van der Waals surface area (Å²) >= 11 is 0. The van der Waals surface area contributed by atoms with Gasteiger partial charge in [-0.25, -0.2) is 0 Å². The van der Waals surface area contributed by atoms with Gasteiger partial charge in [0.1, 0.15) is 6.29 Å². The molecule has 0 aromatic rings. The molecule has 2 N–H and O–H groups in total. The molecule has 0 bridgehead atoms. The van der Waals surface area contributed by atoms with Crippen LogP contribution in [0, 0.1) is 52.3 Å². The fourth-order valence-electron chi connectivity index (χ4n) is 8.48. The fraction of sp³-hybridized carbons (Fsp3) is 0.913. The normalized spacial score (nSPS) is 51.7. The monoisotopic (exact) mass is 359 g/mol. The van der Waals surface area contributed by atoms with Crippen molar-refractivity contribution in [3.05, 3.63) is 0 Å². The van der Waals surface area contributed by atoms with Gasteiger partial charge in [0.25, 0.3) is 0 Å². The lowest BCUT2D eigenvalue weighted by Crippen LogP contribution is -2.54. The molecule has 1 amide bonds. The van der Waals surface area contributed by atoms with Gasteiger partial charge in [-0.2, -0.15) is 0 Å². The molecular weight excluding hydrogens is 322 g/mol. The van der Waals surface area contributed by atoms with Gasteiger partial charge in [0.15, 0.2) is 0 Å². The number of primary amides is 1. The van der Waals surface area contributed by atoms with Gasteiger partial charge >= 0.3 is 0 Å². The topological polar surface area (TPSA) is 60.2 Å². The van der Waals surface area contributed by atoms with Crippen LogP contribution in [-0.2, 0) is 9.59 Å². The van der Waals surface area contributed by atoms with Crippen molar-refractivity contribution in [2.75, 3.05) is 0 Å². The molecule has 0 aromatic carbocycles. The van der Waals surface area contributed by atoms with Gasteiger partial charge in [-0.1, -0.05) is 20.8 Å². The van der Waals surface area contributed by atoms with Gasteiger partial charge in [-0.15, -0.1) is 0 Å². The van der Waals surface area contributed by atoms with Crippen LogP contribution >= 0.6 is 0 Å². The number of carbonyl (C=O) groups excluding carboxylic acids is 2. The number of hydrogen-bond donors (Lipinski definition) is 1. The second-order valence-corrected chi connectivity index (χ2v) is 10.7. The highest BCUT2D eigenvalue weighted by Crippen LogP contribution is 2.68. The predicted molar refractivity (Wildman–Crippen MR) is 103 cm³/mol. The lowest BCUT2D eigenvalue weighted by molar-refractivity contribution is -0.135. The zero-order valence-electron chi connectivity index (χ0n) is 16.9. The summed E-state index contributed by atoms with van der Waals surface area (Å²) in [4.78, 5) is 23.2. The molecule has 146 valence electrons. The molecule has 26 heavy (non-hydrogen) atoms. The lowest BCUT2D eigenvalue weighted by Gasteiger charge is -2.61. The maximum absolute atomic E-state index is 11.9. The van der Waals surface area contributed by atoms with Crippen molar-refractivity contribution in [3.8, 4) is 0 Å². The molecular formula is C23H37NO2. The first kappa shape index (κ1) is 18.5. The predicted octanol–water partition coefficient (Wildman–Crippen LogP) is 4.58. The molecule has 0 unspecified atom stereocenters. The highest BCUT2D eigenvalue weighted by Gasteiger charge is 2.60. The van der Waals surface area contributed by atoms with Gasteiger partial charge in [0, 0.05) is 11.8 Å². The van der Waals surface area contributed by atoms with E-state index >= 15 is 0 Å². The Morgan fingerprint density at radius 2 is 1.69 bits per heavy atom. The largest absolute Gasteiger partial charge is 0.369 e. The van der Waals surface area contributed by atoms with Crippen molar-refractivity contribution in [2.45, 2.75) is 78.6 Å². The van der Waals surface area contributed by atoms with Crippen molar-refractivity contribution < 1.29 is 9.59 Å². The van der Waals surface area contributed by atoms with Crippen LogP contribution in [-0.4, -0.2) is 12.2 Å². The number of fused-ring (bicyclic) bond motifs is 5. The summed E-state index contributed by atoms with van der Waals surface area (Å²) in [7, 11) is 0. The molecule has 4 aliphatic rings. The summed E-state index contributed by atoms with van der Waals surface area (Å²) in [5.41, 5.74) is 6.44. The van der Waals surface area contributed by atoms with E-state index in [1.165, 1.54) is 51.2 Å². The first-order valence-electron chi connectivity index (χ1n) is 11.1. The van der Waals surface area contributed by atoms with Gasteiger partial charge in [0.2, 0.25) is 5.91 Å². The lowest BCUT2D eigenvalue weighted by atomic mass is 9.44. The minimum atomic E-state index is -0.109. The molecule has 4 aliphatic carbocycles. The fourth-order valence-corrected chi connectivity index (χ4v) is 8.48. The molecule has 9 atom stereocenters. The quantitative estimate of drug-likeness (QED) is 0.750. The zero-order valence-corrected chi connectivity index (χ0v) is 16.9. The van der Waals surface area contributed by atoms with E-state index in [-0.39, 0.29) is 11.8 Å². The summed E-state index contributed by atoms with van der Waals surface area (Å²) in [5, 5.41) is 0. The van der Waals surface area contributed by atoms with Crippen LogP contribution in [0.1, 0.15) is 78.6 Å². The molecule has 4 rings (SSSR count). The van der Waals surface area contributed by atoms with E-state index in [1.807, 2.05) is 0 Å². The van der Waals surface area contributed by atoms with E-state index in [4.69, 9.17) is 5.73 Å². The molecule has 0 radical (unpaired) electrons. The molecule has 0 aliphatic heterocycles. The second-order valence-electron chi connectivity index (χ2n) is 10.7. The van der Waals surface area contributed by atoms with Crippen molar-refractivity contribution in [2.24, 2.45) is 58.0 Å². The highest BCUT2D eigenvalue weighted by molar-refractivity contribution is 5.76. The average molecular weight is 360 g/mol. The van der Waals surface area contributed by atoms with Crippen LogP contribution in [0.3, 0.4) is 0 Å². The number of aldehydes is 1. The second kappa shape index (κ2) is 6.34. The van der Waals surface area contributed by atoms with E-state index in [9.17, 15) is 9.59 Å². The van der Waals surface area contributed by atoms with E-state index < -0.39 is 0 Å². The minimum Gasteiger partial charge on any atom is -0.369 e. The summed E-state index contributed by atoms with van der Waals surface area (Å²) in [6, 6.07) is 0. The van der Waals surface area contributed by atoms with Crippen LogP contribution < -0.4 is 5.73 Å². The third-order valence-corrected chi connectivity index (χ3v) is 10.0. The average Bonchev–Trinajstić information content (AvgIpc) is 2.97. The van der Waals surface area contributed by atoms with Crippen LogP contribution in [0.15, 0.2) is 0 Å². The van der Waals surface area contributed by atoms with E-state index in [0.29, 0.717) is 22.7 Å². The van der Waals surface area contributed by atoms with Gasteiger partial charge in [0.05, 0.1) is 0 Å². The summed E-state index contributed by atoms with van der Waals surface area (Å²) in [6.07, 6.45) is 12.4. The maximum Gasteiger partial charge on any atom is 0.220 e. The Kier molecular flexibility index (Phi) is 4.51. The Bertz CT molecular complexity index is 589. The number of nitrogens with two attached hydrogens (primary N) is 1. The molecule has 4 saturated carbocycles. The Labute approximate surface area is 158 Å². The number of carbonyl (C=O) groups is 2. The van der Waals surface area contributed by atoms with Crippen LogP contribution in [0.25, 0.3) is 0 Å². The standard InChI is InChI=1S/C23H37NO2/c1-14(21(24)26)18-6-7-19-17-5-4-16-12-15(13-25)8-10-22(16,2)20(17)9-11-23(18,19)3/h13-20H,4-12H2,1-3H3,(H2,24,26)/t14-,15+,16+,17+,18-,19+,20+,22+,23-/m1/s1. The van der Waals surface area contributed by atoms with Crippen LogP contribution in [0.5, 0.6) is 0 Å². The summed E-state index contributed by atoms with van der Waals surface area (Å²) in [6.45, 7) is 7.09. The summed E-state index contributed by atoms with van der Waals surface area (Å²) < 4.78 is 0. The van der Waals surface area contributed by atoms with Crippen molar-refractivity contribution in [1.82, 2.24) is 0 Å². The number of rotatable bonds is 3. The molecule has 4 fully saturated rings. The molecule has 0 spiro atoms. The molecule has 3 heteroatoms. The summed E-state index contributed by atoms with van der Waals surface area (Å²) in [5.74, 6) is 3.86. The third-order valence-electron chi connectivity index (χ3n) is 10.0. The third kappa shape index (κ3) is 2.52. The van der Waals surface area contributed by atoms with E-state index in [1.54, 1.807) is 0 Å². The minimum absolute atomic E-state index is 0.0107. The van der Waals surface area contributed by atoms with Gasteiger partial charge in [-0.05, 0) is 98.2 Å². The van der Waals surface area contributed by atoms with Gasteiger partial charge < -0.3 is 10.5 Å². The smallest absolute Gasteiger partial charge is 0.220 e. The highest BCUT2D eigenvalue weighted by atomic mass is 16.1. The van der Waals surface area contributed by atoms with Gasteiger partial charge in [-0.3, -0.25) is 4.79 Å². The Balaban J connectivity index is 1.57. The Morgan fingerprint density at radius 3 is 2.38 bits per heavy atom. The first-order chi connectivity index (χ1) is 12.3. The first-order valence-corrected chi connectivity index (χ1v) is 11.1. The molecule has 0 saturated heterocycles. The van der Waals surface area contributed by atoms with Crippen molar-refractivity contribution in [3.63, 3.8) is 0 Å². The van der Waals surface area contributed by atoms with Crippen LogP contribution in [0.4, 0.5) is 0 Å².